The first-order valence-electron chi connectivity index (χ1n) is 6.52. The summed E-state index contributed by atoms with van der Waals surface area (Å²) in [6, 6.07) is 4.12. The van der Waals surface area contributed by atoms with Crippen molar-refractivity contribution in [2.24, 2.45) is 11.1 Å². The minimum atomic E-state index is -0.874. The van der Waals surface area contributed by atoms with Gasteiger partial charge in [-0.3, -0.25) is 9.59 Å². The van der Waals surface area contributed by atoms with Crippen molar-refractivity contribution in [3.05, 3.63) is 29.6 Å². The number of nitrogens with one attached hydrogen (secondary N) is 1. The number of hydrogen-bond acceptors (Lipinski definition) is 3. The zero-order valence-corrected chi connectivity index (χ0v) is 11.0. The summed E-state index contributed by atoms with van der Waals surface area (Å²) in [4.78, 5) is 22.7. The second kappa shape index (κ2) is 5.48. The van der Waals surface area contributed by atoms with E-state index in [-0.39, 0.29) is 17.8 Å². The molecule has 108 valence electrons. The Kier molecular flexibility index (Phi) is 3.92. The zero-order valence-electron chi connectivity index (χ0n) is 11.0. The number of halogens is 1. The van der Waals surface area contributed by atoms with E-state index in [0.29, 0.717) is 12.8 Å². The highest BCUT2D eigenvalue weighted by Gasteiger charge is 2.41. The van der Waals surface area contributed by atoms with Gasteiger partial charge in [-0.15, -0.1) is 0 Å². The zero-order chi connectivity index (χ0) is 14.8. The molecule has 0 bridgehead atoms. The molecule has 0 radical (unpaired) electrons. The lowest BCUT2D eigenvalue weighted by Crippen LogP contribution is -2.35. The van der Waals surface area contributed by atoms with E-state index >= 15 is 0 Å². The van der Waals surface area contributed by atoms with E-state index in [0.717, 1.165) is 18.9 Å². The molecule has 0 unspecified atom stereocenters. The van der Waals surface area contributed by atoms with Gasteiger partial charge in [0.1, 0.15) is 5.82 Å². The van der Waals surface area contributed by atoms with Gasteiger partial charge < -0.3 is 16.2 Å². The smallest absolute Gasteiger partial charge is 0.311 e. The summed E-state index contributed by atoms with van der Waals surface area (Å²) >= 11 is 0. The number of rotatable bonds is 5. The molecule has 6 heteroatoms. The maximum atomic E-state index is 13.6. The molecule has 2 rings (SSSR count). The van der Waals surface area contributed by atoms with Crippen LogP contribution in [0.15, 0.2) is 18.2 Å². The van der Waals surface area contributed by atoms with Crippen molar-refractivity contribution in [1.29, 1.82) is 0 Å². The van der Waals surface area contributed by atoms with Crippen molar-refractivity contribution in [2.75, 3.05) is 11.9 Å². The van der Waals surface area contributed by atoms with Gasteiger partial charge in [-0.05, 0) is 25.0 Å². The minimum Gasteiger partial charge on any atom is -0.481 e. The fraction of sp³-hybridized carbons (Fsp3) is 0.429. The van der Waals surface area contributed by atoms with E-state index < -0.39 is 23.1 Å². The number of amides is 1. The minimum absolute atomic E-state index is 0.159. The lowest BCUT2D eigenvalue weighted by Gasteiger charge is -2.25. The van der Waals surface area contributed by atoms with Crippen LogP contribution in [0.5, 0.6) is 0 Å². The number of anilines is 1. The molecule has 1 aliphatic rings. The van der Waals surface area contributed by atoms with Crippen LogP contribution < -0.4 is 11.1 Å². The van der Waals surface area contributed by atoms with Crippen molar-refractivity contribution >= 4 is 17.6 Å². The number of primary amides is 1. The van der Waals surface area contributed by atoms with Gasteiger partial charge in [0.2, 0.25) is 0 Å². The monoisotopic (exact) mass is 280 g/mol. The molecule has 0 aliphatic heterocycles. The average Bonchev–Trinajstić information content (AvgIpc) is 2.86. The highest BCUT2D eigenvalue weighted by molar-refractivity contribution is 5.98. The van der Waals surface area contributed by atoms with Crippen LogP contribution in [0.25, 0.3) is 0 Å². The maximum Gasteiger partial charge on any atom is 0.311 e. The molecule has 0 saturated heterocycles. The highest BCUT2D eigenvalue weighted by atomic mass is 19.1. The topological polar surface area (TPSA) is 92.4 Å². The molecule has 1 amide bonds. The van der Waals surface area contributed by atoms with Gasteiger partial charge in [0.15, 0.2) is 0 Å². The Morgan fingerprint density at radius 1 is 1.35 bits per heavy atom. The molecule has 1 aromatic carbocycles. The van der Waals surface area contributed by atoms with Crippen LogP contribution in [-0.2, 0) is 4.79 Å². The molecular weight excluding hydrogens is 263 g/mol. The predicted molar refractivity (Wildman–Crippen MR) is 71.9 cm³/mol. The molecule has 0 atom stereocenters. The van der Waals surface area contributed by atoms with Gasteiger partial charge >= 0.3 is 5.97 Å². The van der Waals surface area contributed by atoms with Crippen molar-refractivity contribution in [2.45, 2.75) is 25.7 Å². The molecule has 1 aliphatic carbocycles. The number of hydrogen-bond donors (Lipinski definition) is 3. The summed E-state index contributed by atoms with van der Waals surface area (Å²) in [6.07, 6.45) is 2.88. The SMILES string of the molecule is NC(=O)c1c(F)cccc1NCC1(C(=O)O)CCCC1. The average molecular weight is 280 g/mol. The number of carbonyl (C=O) groups is 2. The van der Waals surface area contributed by atoms with Crippen molar-refractivity contribution in [3.63, 3.8) is 0 Å². The molecule has 5 nitrogen and oxygen atoms in total. The van der Waals surface area contributed by atoms with Crippen molar-refractivity contribution < 1.29 is 19.1 Å². The number of aliphatic carboxylic acids is 1. The van der Waals surface area contributed by atoms with Crippen LogP contribution in [0, 0.1) is 11.2 Å². The molecule has 1 aromatic rings. The standard InChI is InChI=1S/C14H17FN2O3/c15-9-4-3-5-10(11(9)12(16)18)17-8-14(13(19)20)6-1-2-7-14/h3-5,17H,1-2,6-8H2,(H2,16,18)(H,19,20). The molecule has 0 heterocycles. The van der Waals surface area contributed by atoms with Gasteiger partial charge in [-0.1, -0.05) is 18.9 Å². The third-order valence-electron chi connectivity index (χ3n) is 3.89. The van der Waals surface area contributed by atoms with E-state index in [1.54, 1.807) is 0 Å². The van der Waals surface area contributed by atoms with Crippen molar-refractivity contribution in [3.8, 4) is 0 Å². The molecule has 0 spiro atoms. The highest BCUT2D eigenvalue weighted by Crippen LogP contribution is 2.38. The van der Waals surface area contributed by atoms with Gasteiger partial charge in [-0.2, -0.15) is 0 Å². The number of benzene rings is 1. The van der Waals surface area contributed by atoms with Crippen LogP contribution >= 0.6 is 0 Å². The fourth-order valence-electron chi connectivity index (χ4n) is 2.70. The summed E-state index contributed by atoms with van der Waals surface area (Å²) in [6.45, 7) is 0.159. The van der Waals surface area contributed by atoms with Crippen LogP contribution in [0.2, 0.25) is 0 Å². The van der Waals surface area contributed by atoms with Gasteiger partial charge in [0.05, 0.1) is 11.0 Å². The fourth-order valence-corrected chi connectivity index (χ4v) is 2.70. The maximum absolute atomic E-state index is 13.6. The lowest BCUT2D eigenvalue weighted by molar-refractivity contribution is -0.147. The Hall–Kier alpha value is -2.11. The molecule has 20 heavy (non-hydrogen) atoms. The third-order valence-corrected chi connectivity index (χ3v) is 3.89. The van der Waals surface area contributed by atoms with Crippen LogP contribution in [0.4, 0.5) is 10.1 Å². The normalized spacial score (nSPS) is 16.9. The van der Waals surface area contributed by atoms with Gasteiger partial charge in [0.25, 0.3) is 5.91 Å². The Morgan fingerprint density at radius 3 is 2.55 bits per heavy atom. The van der Waals surface area contributed by atoms with Crippen molar-refractivity contribution in [1.82, 2.24) is 0 Å². The second-order valence-electron chi connectivity index (χ2n) is 5.17. The summed E-state index contributed by atoms with van der Waals surface area (Å²) in [7, 11) is 0. The first-order valence-corrected chi connectivity index (χ1v) is 6.52. The Morgan fingerprint density at radius 2 is 2.00 bits per heavy atom. The molecule has 1 saturated carbocycles. The third kappa shape index (κ3) is 2.59. The van der Waals surface area contributed by atoms with Gasteiger partial charge in [0, 0.05) is 12.2 Å². The first kappa shape index (κ1) is 14.3. The Bertz CT molecular complexity index is 539. The summed E-state index contributed by atoms with van der Waals surface area (Å²) < 4.78 is 13.6. The lowest BCUT2D eigenvalue weighted by atomic mass is 9.86. The van der Waals surface area contributed by atoms with Crippen LogP contribution in [0.1, 0.15) is 36.0 Å². The predicted octanol–water partition coefficient (Wildman–Crippen LogP) is 1.98. The number of carboxylic acids is 1. The Balaban J connectivity index is 2.21. The number of carboxylic acid groups (broad SMARTS) is 1. The summed E-state index contributed by atoms with van der Waals surface area (Å²) in [5.41, 5.74) is 4.32. The first-order chi connectivity index (χ1) is 9.46. The van der Waals surface area contributed by atoms with E-state index in [2.05, 4.69) is 5.32 Å². The van der Waals surface area contributed by atoms with E-state index in [4.69, 9.17) is 5.73 Å². The van der Waals surface area contributed by atoms with Crippen LogP contribution in [-0.4, -0.2) is 23.5 Å². The molecule has 0 aromatic heterocycles. The van der Waals surface area contributed by atoms with Gasteiger partial charge in [-0.25, -0.2) is 4.39 Å². The molecule has 1 fully saturated rings. The van der Waals surface area contributed by atoms with E-state index in [1.165, 1.54) is 12.1 Å². The largest absolute Gasteiger partial charge is 0.481 e. The number of carbonyl (C=O) groups excluding carboxylic acids is 1. The van der Waals surface area contributed by atoms with Crippen LogP contribution in [0.3, 0.4) is 0 Å². The summed E-state index contributed by atoms with van der Waals surface area (Å²) in [5, 5.41) is 12.2. The number of nitrogens with two attached hydrogens (primary N) is 1. The van der Waals surface area contributed by atoms with E-state index in [9.17, 15) is 19.1 Å². The van der Waals surface area contributed by atoms with E-state index in [1.807, 2.05) is 0 Å². The molecule has 4 N–H and O–H groups in total. The Labute approximate surface area is 116 Å². The second-order valence-corrected chi connectivity index (χ2v) is 5.17. The molecular formula is C14H17FN2O3. The quantitative estimate of drug-likeness (QED) is 0.769. The summed E-state index contributed by atoms with van der Waals surface area (Å²) in [5.74, 6) is -2.45.